The topological polar surface area (TPSA) is 38.5 Å². The molecule has 0 aromatic carbocycles. The van der Waals surface area contributed by atoms with Gasteiger partial charge in [-0.2, -0.15) is 0 Å². The van der Waals surface area contributed by atoms with Gasteiger partial charge >= 0.3 is 0 Å². The third-order valence-electron chi connectivity index (χ3n) is 2.91. The van der Waals surface area contributed by atoms with Crippen LogP contribution < -0.4 is 5.73 Å². The number of methoxy groups -OCH3 is 1. The van der Waals surface area contributed by atoms with Crippen molar-refractivity contribution < 1.29 is 4.74 Å². The predicted molar refractivity (Wildman–Crippen MR) is 54.7 cm³/mol. The molecule has 3 heteroatoms. The van der Waals surface area contributed by atoms with Gasteiger partial charge in [-0.3, -0.25) is 4.90 Å². The highest BCUT2D eigenvalue weighted by atomic mass is 16.5. The van der Waals surface area contributed by atoms with E-state index in [9.17, 15) is 0 Å². The standard InChI is InChI=1S/C10H22N2O/c1-9(8-13-2)12(7-6-11)10-4-3-5-10/h9-10H,3-8,11H2,1-2H3. The van der Waals surface area contributed by atoms with Crippen LogP contribution in [0.5, 0.6) is 0 Å². The van der Waals surface area contributed by atoms with E-state index < -0.39 is 0 Å². The van der Waals surface area contributed by atoms with E-state index in [2.05, 4.69) is 11.8 Å². The molecule has 0 amide bonds. The molecule has 3 nitrogen and oxygen atoms in total. The SMILES string of the molecule is COCC(C)N(CCN)C1CCC1. The van der Waals surface area contributed by atoms with E-state index in [4.69, 9.17) is 10.5 Å². The van der Waals surface area contributed by atoms with Crippen molar-refractivity contribution in [3.8, 4) is 0 Å². The first-order valence-electron chi connectivity index (χ1n) is 5.24. The molecule has 1 fully saturated rings. The van der Waals surface area contributed by atoms with Gasteiger partial charge in [-0.1, -0.05) is 6.42 Å². The van der Waals surface area contributed by atoms with Crippen LogP contribution in [0.15, 0.2) is 0 Å². The molecule has 0 radical (unpaired) electrons. The molecule has 1 aliphatic rings. The Morgan fingerprint density at radius 3 is 2.62 bits per heavy atom. The number of nitrogens with two attached hydrogens (primary N) is 1. The van der Waals surface area contributed by atoms with Crippen LogP contribution in [-0.4, -0.2) is 43.8 Å². The smallest absolute Gasteiger partial charge is 0.0615 e. The molecule has 1 saturated carbocycles. The minimum atomic E-state index is 0.513. The first-order valence-corrected chi connectivity index (χ1v) is 5.24. The van der Waals surface area contributed by atoms with Crippen molar-refractivity contribution >= 4 is 0 Å². The lowest BCUT2D eigenvalue weighted by molar-refractivity contribution is 0.0424. The molecule has 1 rings (SSSR count). The average molecular weight is 186 g/mol. The van der Waals surface area contributed by atoms with Crippen molar-refractivity contribution in [2.24, 2.45) is 5.73 Å². The van der Waals surface area contributed by atoms with Gasteiger partial charge in [0.15, 0.2) is 0 Å². The van der Waals surface area contributed by atoms with Crippen molar-refractivity contribution in [3.63, 3.8) is 0 Å². The third kappa shape index (κ3) is 2.93. The van der Waals surface area contributed by atoms with E-state index in [1.165, 1.54) is 19.3 Å². The molecule has 0 aromatic rings. The first-order chi connectivity index (χ1) is 6.29. The highest BCUT2D eigenvalue weighted by Crippen LogP contribution is 2.25. The molecule has 1 aliphatic carbocycles. The minimum Gasteiger partial charge on any atom is -0.383 e. The fourth-order valence-corrected chi connectivity index (χ4v) is 1.97. The van der Waals surface area contributed by atoms with Gasteiger partial charge in [-0.05, 0) is 19.8 Å². The average Bonchev–Trinajstić information content (AvgIpc) is 2.01. The molecule has 78 valence electrons. The van der Waals surface area contributed by atoms with E-state index >= 15 is 0 Å². The van der Waals surface area contributed by atoms with Crippen LogP contribution in [0.1, 0.15) is 26.2 Å². The van der Waals surface area contributed by atoms with E-state index in [0.29, 0.717) is 6.04 Å². The molecule has 1 unspecified atom stereocenters. The van der Waals surface area contributed by atoms with Gasteiger partial charge in [0.1, 0.15) is 0 Å². The molecule has 0 bridgehead atoms. The largest absolute Gasteiger partial charge is 0.383 e. The number of hydrogen-bond acceptors (Lipinski definition) is 3. The fourth-order valence-electron chi connectivity index (χ4n) is 1.97. The zero-order valence-corrected chi connectivity index (χ0v) is 8.83. The van der Waals surface area contributed by atoms with Crippen LogP contribution in [0.4, 0.5) is 0 Å². The Labute approximate surface area is 81.2 Å². The summed E-state index contributed by atoms with van der Waals surface area (Å²) < 4.78 is 5.17. The molecule has 0 spiro atoms. The molecule has 2 N–H and O–H groups in total. The summed E-state index contributed by atoms with van der Waals surface area (Å²) >= 11 is 0. The van der Waals surface area contributed by atoms with Crippen molar-refractivity contribution in [1.82, 2.24) is 4.90 Å². The van der Waals surface area contributed by atoms with Crippen LogP contribution in [-0.2, 0) is 4.74 Å². The lowest BCUT2D eigenvalue weighted by atomic mass is 9.90. The van der Waals surface area contributed by atoms with Crippen molar-refractivity contribution in [1.29, 1.82) is 0 Å². The molecular weight excluding hydrogens is 164 g/mol. The van der Waals surface area contributed by atoms with E-state index in [1.54, 1.807) is 7.11 Å². The second-order valence-electron chi connectivity index (χ2n) is 3.92. The van der Waals surface area contributed by atoms with E-state index in [-0.39, 0.29) is 0 Å². The van der Waals surface area contributed by atoms with Gasteiger partial charge in [0.05, 0.1) is 6.61 Å². The summed E-state index contributed by atoms with van der Waals surface area (Å²) in [7, 11) is 1.76. The summed E-state index contributed by atoms with van der Waals surface area (Å²) in [4.78, 5) is 2.49. The van der Waals surface area contributed by atoms with E-state index in [1.807, 2.05) is 0 Å². The number of ether oxygens (including phenoxy) is 1. The second kappa shape index (κ2) is 5.58. The van der Waals surface area contributed by atoms with Crippen molar-refractivity contribution in [3.05, 3.63) is 0 Å². The lowest BCUT2D eigenvalue weighted by Gasteiger charge is -2.41. The van der Waals surface area contributed by atoms with Crippen LogP contribution in [0.3, 0.4) is 0 Å². The number of nitrogens with zero attached hydrogens (tertiary/aromatic N) is 1. The highest BCUT2D eigenvalue weighted by Gasteiger charge is 2.27. The van der Waals surface area contributed by atoms with Crippen LogP contribution >= 0.6 is 0 Å². The third-order valence-corrected chi connectivity index (χ3v) is 2.91. The number of hydrogen-bond donors (Lipinski definition) is 1. The molecule has 0 aliphatic heterocycles. The molecule has 0 heterocycles. The monoisotopic (exact) mass is 186 g/mol. The van der Waals surface area contributed by atoms with Gasteiger partial charge in [-0.15, -0.1) is 0 Å². The van der Waals surface area contributed by atoms with Gasteiger partial charge in [-0.25, -0.2) is 0 Å². The molecule has 0 aromatic heterocycles. The summed E-state index contributed by atoms with van der Waals surface area (Å²) in [5.74, 6) is 0. The zero-order chi connectivity index (χ0) is 9.68. The summed E-state index contributed by atoms with van der Waals surface area (Å²) in [6.45, 7) is 4.80. The first kappa shape index (κ1) is 11.0. The van der Waals surface area contributed by atoms with Crippen LogP contribution in [0.25, 0.3) is 0 Å². The second-order valence-corrected chi connectivity index (χ2v) is 3.92. The summed E-state index contributed by atoms with van der Waals surface area (Å²) in [6.07, 6.45) is 4.06. The highest BCUT2D eigenvalue weighted by molar-refractivity contribution is 4.83. The Bertz CT molecular complexity index is 137. The summed E-state index contributed by atoms with van der Waals surface area (Å²) in [5, 5.41) is 0. The zero-order valence-electron chi connectivity index (χ0n) is 8.83. The Hall–Kier alpha value is -0.120. The Morgan fingerprint density at radius 1 is 1.54 bits per heavy atom. The molecule has 13 heavy (non-hydrogen) atoms. The lowest BCUT2D eigenvalue weighted by Crippen LogP contribution is -2.49. The van der Waals surface area contributed by atoms with Gasteiger partial charge < -0.3 is 10.5 Å². The quantitative estimate of drug-likeness (QED) is 0.668. The van der Waals surface area contributed by atoms with Crippen LogP contribution in [0.2, 0.25) is 0 Å². The maximum atomic E-state index is 5.60. The maximum Gasteiger partial charge on any atom is 0.0615 e. The number of rotatable bonds is 6. The van der Waals surface area contributed by atoms with Crippen LogP contribution in [0, 0.1) is 0 Å². The summed E-state index contributed by atoms with van der Waals surface area (Å²) in [6, 6.07) is 1.28. The Kier molecular flexibility index (Phi) is 4.70. The van der Waals surface area contributed by atoms with Gasteiger partial charge in [0, 0.05) is 32.3 Å². The minimum absolute atomic E-state index is 0.513. The Morgan fingerprint density at radius 2 is 2.23 bits per heavy atom. The van der Waals surface area contributed by atoms with Gasteiger partial charge in [0.25, 0.3) is 0 Å². The summed E-state index contributed by atoms with van der Waals surface area (Å²) in [5.41, 5.74) is 5.60. The van der Waals surface area contributed by atoms with Crippen molar-refractivity contribution in [2.45, 2.75) is 38.3 Å². The van der Waals surface area contributed by atoms with Crippen molar-refractivity contribution in [2.75, 3.05) is 26.8 Å². The Balaban J connectivity index is 2.35. The predicted octanol–water partition coefficient (Wildman–Crippen LogP) is 0.835. The molecule has 0 saturated heterocycles. The molecular formula is C10H22N2O. The maximum absolute atomic E-state index is 5.60. The normalized spacial score (nSPS) is 20.3. The van der Waals surface area contributed by atoms with Gasteiger partial charge in [0.2, 0.25) is 0 Å². The van der Waals surface area contributed by atoms with E-state index in [0.717, 1.165) is 25.7 Å². The molecule has 1 atom stereocenters. The fraction of sp³-hybridized carbons (Fsp3) is 1.00.